The van der Waals surface area contributed by atoms with Crippen molar-refractivity contribution in [1.29, 1.82) is 0 Å². The number of imide groups is 1. The Labute approximate surface area is 116 Å². The normalized spacial score (nSPS) is 27.2. The zero-order valence-electron chi connectivity index (χ0n) is 10.8. The van der Waals surface area contributed by atoms with Gasteiger partial charge >= 0.3 is 0 Å². The van der Waals surface area contributed by atoms with Gasteiger partial charge in [0.15, 0.2) is 0 Å². The molecule has 2 heterocycles. The topological polar surface area (TPSA) is 49.4 Å². The first-order chi connectivity index (χ1) is 9.15. The van der Waals surface area contributed by atoms with E-state index >= 15 is 0 Å². The van der Waals surface area contributed by atoms with Crippen LogP contribution in [0.4, 0.5) is 0 Å². The molecule has 1 fully saturated rings. The summed E-state index contributed by atoms with van der Waals surface area (Å²) in [7, 11) is 0. The van der Waals surface area contributed by atoms with Crippen molar-refractivity contribution in [3.8, 4) is 0 Å². The first-order valence-corrected chi connectivity index (χ1v) is 7.43. The fraction of sp³-hybridized carbons (Fsp3) is 0.429. The van der Waals surface area contributed by atoms with E-state index in [-0.39, 0.29) is 17.9 Å². The summed E-state index contributed by atoms with van der Waals surface area (Å²) in [4.78, 5) is 26.4. The highest BCUT2D eigenvalue weighted by molar-refractivity contribution is 7.99. The largest absolute Gasteiger partial charge is 0.294 e. The van der Waals surface area contributed by atoms with Gasteiger partial charge in [-0.05, 0) is 18.6 Å². The number of rotatable bonds is 2. The van der Waals surface area contributed by atoms with Gasteiger partial charge in [0.05, 0.1) is 12.6 Å². The molecule has 2 amide bonds. The van der Waals surface area contributed by atoms with E-state index in [1.54, 1.807) is 0 Å². The molecule has 2 unspecified atom stereocenters. The van der Waals surface area contributed by atoms with Crippen molar-refractivity contribution in [2.45, 2.75) is 23.8 Å². The molecule has 2 aliphatic rings. The van der Waals surface area contributed by atoms with Gasteiger partial charge in [0.25, 0.3) is 0 Å². The van der Waals surface area contributed by atoms with Crippen molar-refractivity contribution in [1.82, 2.24) is 10.2 Å². The maximum Gasteiger partial charge on any atom is 0.243 e. The first kappa shape index (κ1) is 12.7. The number of amides is 2. The van der Waals surface area contributed by atoms with Crippen molar-refractivity contribution in [2.24, 2.45) is 0 Å². The Hall–Kier alpha value is -1.33. The lowest BCUT2D eigenvalue weighted by Crippen LogP contribution is -2.57. The Morgan fingerprint density at radius 2 is 2.16 bits per heavy atom. The maximum absolute atomic E-state index is 11.7. The van der Waals surface area contributed by atoms with Crippen molar-refractivity contribution >= 4 is 23.6 Å². The van der Waals surface area contributed by atoms with Crippen molar-refractivity contribution in [2.75, 3.05) is 18.8 Å². The summed E-state index contributed by atoms with van der Waals surface area (Å²) in [6, 6.07) is 8.16. The minimum absolute atomic E-state index is 0.185. The summed E-state index contributed by atoms with van der Waals surface area (Å²) in [5, 5.41) is 2.38. The summed E-state index contributed by atoms with van der Waals surface area (Å²) in [5.74, 6) is 1.05. The van der Waals surface area contributed by atoms with Crippen LogP contribution in [-0.4, -0.2) is 41.6 Å². The van der Waals surface area contributed by atoms with Gasteiger partial charge in [-0.25, -0.2) is 0 Å². The Balaban J connectivity index is 1.75. The average molecular weight is 276 g/mol. The van der Waals surface area contributed by atoms with E-state index in [1.165, 1.54) is 10.5 Å². The second kappa shape index (κ2) is 4.98. The van der Waals surface area contributed by atoms with Gasteiger partial charge in [0.1, 0.15) is 0 Å². The summed E-state index contributed by atoms with van der Waals surface area (Å²) < 4.78 is 0. The third-order valence-electron chi connectivity index (χ3n) is 3.79. The lowest BCUT2D eigenvalue weighted by atomic mass is 9.99. The molecule has 1 aromatic rings. The van der Waals surface area contributed by atoms with Crippen LogP contribution in [0.3, 0.4) is 0 Å². The molecular weight excluding hydrogens is 260 g/mol. The standard InChI is InChI=1S/C14H16N2O2S/c1-9-14(18)15-13(17)7-16(9)6-10-8-19-12-5-3-2-4-11(10)12/h2-5,9-10H,6-8H2,1H3,(H,15,17,18). The summed E-state index contributed by atoms with van der Waals surface area (Å²) in [6.45, 7) is 2.94. The van der Waals surface area contributed by atoms with Gasteiger partial charge in [-0.3, -0.25) is 19.8 Å². The van der Waals surface area contributed by atoms with Gasteiger partial charge in [0.2, 0.25) is 11.8 Å². The van der Waals surface area contributed by atoms with E-state index in [4.69, 9.17) is 0 Å². The second-order valence-corrected chi connectivity index (χ2v) is 6.13. The Morgan fingerprint density at radius 3 is 3.00 bits per heavy atom. The molecule has 100 valence electrons. The molecule has 2 atom stereocenters. The summed E-state index contributed by atoms with van der Waals surface area (Å²) in [6.07, 6.45) is 0. The van der Waals surface area contributed by atoms with Crippen molar-refractivity contribution in [3.63, 3.8) is 0 Å². The first-order valence-electron chi connectivity index (χ1n) is 6.44. The van der Waals surface area contributed by atoms with Gasteiger partial charge in [-0.1, -0.05) is 18.2 Å². The number of nitrogens with zero attached hydrogens (tertiary/aromatic N) is 1. The fourth-order valence-electron chi connectivity index (χ4n) is 2.65. The molecule has 0 spiro atoms. The van der Waals surface area contributed by atoms with E-state index in [0.29, 0.717) is 12.5 Å². The quantitative estimate of drug-likeness (QED) is 0.825. The second-order valence-electron chi connectivity index (χ2n) is 5.06. The fourth-order valence-corrected chi connectivity index (χ4v) is 3.90. The predicted octanol–water partition coefficient (Wildman–Crippen LogP) is 1.22. The monoisotopic (exact) mass is 276 g/mol. The summed E-state index contributed by atoms with van der Waals surface area (Å²) >= 11 is 1.86. The molecule has 2 aliphatic heterocycles. The van der Waals surface area contributed by atoms with Crippen LogP contribution in [0.25, 0.3) is 0 Å². The van der Waals surface area contributed by atoms with Crippen LogP contribution in [-0.2, 0) is 9.59 Å². The molecular formula is C14H16N2O2S. The zero-order valence-corrected chi connectivity index (χ0v) is 11.6. The molecule has 5 heteroatoms. The molecule has 1 saturated heterocycles. The van der Waals surface area contributed by atoms with Crippen LogP contribution in [0.15, 0.2) is 29.2 Å². The molecule has 1 N–H and O–H groups in total. The lowest BCUT2D eigenvalue weighted by molar-refractivity contribution is -0.139. The molecule has 3 rings (SSSR count). The smallest absolute Gasteiger partial charge is 0.243 e. The average Bonchev–Trinajstić information content (AvgIpc) is 2.79. The lowest BCUT2D eigenvalue weighted by Gasteiger charge is -2.33. The highest BCUT2D eigenvalue weighted by atomic mass is 32.2. The maximum atomic E-state index is 11.7. The molecule has 0 radical (unpaired) electrons. The molecule has 0 bridgehead atoms. The third kappa shape index (κ3) is 2.40. The highest BCUT2D eigenvalue weighted by Crippen LogP contribution is 2.39. The number of fused-ring (bicyclic) bond motifs is 1. The number of thioether (sulfide) groups is 1. The Kier molecular flexibility index (Phi) is 3.33. The number of nitrogens with one attached hydrogen (secondary N) is 1. The van der Waals surface area contributed by atoms with Gasteiger partial charge in [0, 0.05) is 23.1 Å². The number of hydrogen-bond acceptors (Lipinski definition) is 4. The third-order valence-corrected chi connectivity index (χ3v) is 5.04. The van der Waals surface area contributed by atoms with Crippen LogP contribution < -0.4 is 5.32 Å². The molecule has 4 nitrogen and oxygen atoms in total. The Bertz CT molecular complexity index is 532. The van der Waals surface area contributed by atoms with E-state index in [2.05, 4.69) is 29.6 Å². The molecule has 0 saturated carbocycles. The highest BCUT2D eigenvalue weighted by Gasteiger charge is 2.33. The number of benzene rings is 1. The predicted molar refractivity (Wildman–Crippen MR) is 74.1 cm³/mol. The van der Waals surface area contributed by atoms with E-state index < -0.39 is 0 Å². The minimum Gasteiger partial charge on any atom is -0.294 e. The van der Waals surface area contributed by atoms with Crippen LogP contribution in [0.2, 0.25) is 0 Å². The summed E-state index contributed by atoms with van der Waals surface area (Å²) in [5.41, 5.74) is 1.35. The molecule has 1 aromatic carbocycles. The van der Waals surface area contributed by atoms with Crippen LogP contribution in [0.5, 0.6) is 0 Å². The SMILES string of the molecule is CC1C(=O)NC(=O)CN1CC1CSc2ccccc21. The van der Waals surface area contributed by atoms with Crippen LogP contribution >= 0.6 is 11.8 Å². The molecule has 0 aromatic heterocycles. The van der Waals surface area contributed by atoms with Gasteiger partial charge < -0.3 is 0 Å². The number of piperazine rings is 1. The molecule has 19 heavy (non-hydrogen) atoms. The van der Waals surface area contributed by atoms with E-state index in [0.717, 1.165) is 12.3 Å². The minimum atomic E-state index is -0.226. The number of carbonyl (C=O) groups is 2. The van der Waals surface area contributed by atoms with Gasteiger partial charge in [-0.15, -0.1) is 11.8 Å². The van der Waals surface area contributed by atoms with E-state index in [1.807, 2.05) is 23.6 Å². The molecule has 0 aliphatic carbocycles. The van der Waals surface area contributed by atoms with E-state index in [9.17, 15) is 9.59 Å². The number of hydrogen-bond donors (Lipinski definition) is 1. The zero-order chi connectivity index (χ0) is 13.4. The van der Waals surface area contributed by atoms with Crippen LogP contribution in [0.1, 0.15) is 18.4 Å². The van der Waals surface area contributed by atoms with Gasteiger partial charge in [-0.2, -0.15) is 0 Å². The number of carbonyl (C=O) groups excluding carboxylic acids is 2. The van der Waals surface area contributed by atoms with Crippen LogP contribution in [0, 0.1) is 0 Å². The van der Waals surface area contributed by atoms with Crippen molar-refractivity contribution in [3.05, 3.63) is 29.8 Å². The Morgan fingerprint density at radius 1 is 1.37 bits per heavy atom. The van der Waals surface area contributed by atoms with Crippen molar-refractivity contribution < 1.29 is 9.59 Å².